The van der Waals surface area contributed by atoms with Crippen LogP contribution in [0.4, 0.5) is 0 Å². The van der Waals surface area contributed by atoms with Crippen molar-refractivity contribution < 1.29 is 9.21 Å². The minimum absolute atomic E-state index is 0.0327. The summed E-state index contributed by atoms with van der Waals surface area (Å²) in [7, 11) is 0. The van der Waals surface area contributed by atoms with E-state index in [0.717, 1.165) is 18.7 Å². The molecule has 0 radical (unpaired) electrons. The quantitative estimate of drug-likeness (QED) is 0.705. The van der Waals surface area contributed by atoms with Gasteiger partial charge in [-0.1, -0.05) is 30.3 Å². The molecule has 4 heteroatoms. The Morgan fingerprint density at radius 3 is 2.83 bits per heavy atom. The first kappa shape index (κ1) is 15.2. The fraction of sp³-hybridized carbons (Fsp3) is 0.250. The average Bonchev–Trinajstić information content (AvgIpc) is 3.30. The highest BCUT2D eigenvalue weighted by molar-refractivity contribution is 7.10. The van der Waals surface area contributed by atoms with Crippen LogP contribution in [0.1, 0.15) is 34.2 Å². The Hall–Kier alpha value is -2.33. The van der Waals surface area contributed by atoms with Crippen molar-refractivity contribution in [1.82, 2.24) is 4.90 Å². The Morgan fingerprint density at radius 2 is 2.04 bits per heavy atom. The Morgan fingerprint density at radius 1 is 1.17 bits per heavy atom. The second kappa shape index (κ2) is 6.65. The Kier molecular flexibility index (Phi) is 4.22. The molecule has 1 unspecified atom stereocenters. The molecular weight excluding hydrogens is 318 g/mol. The molecule has 1 aliphatic rings. The van der Waals surface area contributed by atoms with Crippen molar-refractivity contribution in [2.45, 2.75) is 25.3 Å². The lowest BCUT2D eigenvalue weighted by Crippen LogP contribution is -2.40. The van der Waals surface area contributed by atoms with Gasteiger partial charge >= 0.3 is 0 Å². The molecule has 3 aromatic rings. The van der Waals surface area contributed by atoms with Crippen molar-refractivity contribution in [3.05, 3.63) is 81.9 Å². The van der Waals surface area contributed by atoms with Gasteiger partial charge in [-0.3, -0.25) is 4.79 Å². The molecule has 0 saturated carbocycles. The highest BCUT2D eigenvalue weighted by Gasteiger charge is 2.32. The van der Waals surface area contributed by atoms with Crippen LogP contribution in [0.15, 0.2) is 64.6 Å². The number of carbonyl (C=O) groups is 1. The van der Waals surface area contributed by atoms with Gasteiger partial charge in [0.2, 0.25) is 5.91 Å². The maximum Gasteiger partial charge on any atom is 0.223 e. The number of aryl methyl sites for hydroxylation is 1. The van der Waals surface area contributed by atoms with Gasteiger partial charge < -0.3 is 9.32 Å². The van der Waals surface area contributed by atoms with Crippen LogP contribution in [0.25, 0.3) is 0 Å². The molecule has 3 heterocycles. The Bertz CT molecular complexity index is 807. The summed E-state index contributed by atoms with van der Waals surface area (Å²) in [5, 5.41) is 2.14. The van der Waals surface area contributed by atoms with Crippen molar-refractivity contribution in [2.24, 2.45) is 0 Å². The van der Waals surface area contributed by atoms with Gasteiger partial charge in [0, 0.05) is 24.3 Å². The lowest BCUT2D eigenvalue weighted by atomic mass is 9.93. The van der Waals surface area contributed by atoms with Gasteiger partial charge in [0.25, 0.3) is 0 Å². The summed E-state index contributed by atoms with van der Waals surface area (Å²) < 4.78 is 5.36. The van der Waals surface area contributed by atoms with Crippen molar-refractivity contribution in [3.8, 4) is 0 Å². The SMILES string of the molecule is O=C(CCc1ccco1)N1CCc2sccc2C1c1ccccc1. The molecule has 0 aliphatic carbocycles. The lowest BCUT2D eigenvalue weighted by Gasteiger charge is -2.36. The number of fused-ring (bicyclic) bond motifs is 1. The highest BCUT2D eigenvalue weighted by atomic mass is 32.1. The molecule has 24 heavy (non-hydrogen) atoms. The molecule has 3 nitrogen and oxygen atoms in total. The van der Waals surface area contributed by atoms with Crippen molar-refractivity contribution in [3.63, 3.8) is 0 Å². The Labute approximate surface area is 145 Å². The van der Waals surface area contributed by atoms with Gasteiger partial charge in [-0.25, -0.2) is 0 Å². The number of thiophene rings is 1. The van der Waals surface area contributed by atoms with E-state index >= 15 is 0 Å². The first-order valence-corrected chi connectivity index (χ1v) is 9.14. The standard InChI is InChI=1S/C20H19NO2S/c22-19(9-8-16-7-4-13-23-16)21-12-10-18-17(11-14-24-18)20(21)15-5-2-1-3-6-15/h1-7,11,13-14,20H,8-10,12H2. The molecule has 1 aromatic carbocycles. The van der Waals surface area contributed by atoms with Crippen LogP contribution < -0.4 is 0 Å². The van der Waals surface area contributed by atoms with Crippen LogP contribution in [-0.4, -0.2) is 17.4 Å². The summed E-state index contributed by atoms with van der Waals surface area (Å²) in [6, 6.07) is 16.3. The summed E-state index contributed by atoms with van der Waals surface area (Å²) in [4.78, 5) is 16.3. The van der Waals surface area contributed by atoms with E-state index in [1.807, 2.05) is 35.2 Å². The molecule has 1 aliphatic heterocycles. The van der Waals surface area contributed by atoms with E-state index < -0.39 is 0 Å². The summed E-state index contributed by atoms with van der Waals surface area (Å²) in [6.45, 7) is 0.782. The fourth-order valence-corrected chi connectivity index (χ4v) is 4.31. The third-order valence-corrected chi connectivity index (χ3v) is 5.56. The second-order valence-electron chi connectivity index (χ2n) is 6.03. The third-order valence-electron chi connectivity index (χ3n) is 4.57. The van der Waals surface area contributed by atoms with E-state index in [9.17, 15) is 4.79 Å². The topological polar surface area (TPSA) is 33.5 Å². The average molecular weight is 337 g/mol. The van der Waals surface area contributed by atoms with Gasteiger partial charge in [0.15, 0.2) is 0 Å². The van der Waals surface area contributed by atoms with Crippen LogP contribution >= 0.6 is 11.3 Å². The number of furan rings is 1. The summed E-state index contributed by atoms with van der Waals surface area (Å²) in [5.74, 6) is 1.06. The maximum atomic E-state index is 12.9. The lowest BCUT2D eigenvalue weighted by molar-refractivity contribution is -0.133. The third kappa shape index (κ3) is 2.89. The van der Waals surface area contributed by atoms with Gasteiger partial charge in [0.05, 0.1) is 12.3 Å². The predicted octanol–water partition coefficient (Wildman–Crippen LogP) is 4.45. The van der Waals surface area contributed by atoms with Gasteiger partial charge in [-0.2, -0.15) is 0 Å². The number of hydrogen-bond donors (Lipinski definition) is 0. The van der Waals surface area contributed by atoms with Gasteiger partial charge in [-0.15, -0.1) is 11.3 Å². The minimum Gasteiger partial charge on any atom is -0.469 e. The molecule has 2 aromatic heterocycles. The van der Waals surface area contributed by atoms with E-state index in [1.165, 1.54) is 16.0 Å². The molecule has 122 valence electrons. The largest absolute Gasteiger partial charge is 0.469 e. The number of carbonyl (C=O) groups excluding carboxylic acids is 1. The van der Waals surface area contributed by atoms with E-state index in [1.54, 1.807) is 17.6 Å². The molecular formula is C20H19NO2S. The van der Waals surface area contributed by atoms with E-state index in [4.69, 9.17) is 4.42 Å². The summed E-state index contributed by atoms with van der Waals surface area (Å²) >= 11 is 1.80. The van der Waals surface area contributed by atoms with E-state index in [0.29, 0.717) is 12.8 Å². The smallest absolute Gasteiger partial charge is 0.223 e. The van der Waals surface area contributed by atoms with E-state index in [2.05, 4.69) is 23.6 Å². The normalized spacial score (nSPS) is 16.8. The molecule has 0 spiro atoms. The zero-order valence-electron chi connectivity index (χ0n) is 13.4. The monoisotopic (exact) mass is 337 g/mol. The molecule has 0 saturated heterocycles. The number of hydrogen-bond acceptors (Lipinski definition) is 3. The summed E-state index contributed by atoms with van der Waals surface area (Å²) in [5.41, 5.74) is 2.46. The van der Waals surface area contributed by atoms with Crippen LogP contribution in [-0.2, 0) is 17.6 Å². The van der Waals surface area contributed by atoms with Crippen molar-refractivity contribution >= 4 is 17.2 Å². The maximum absolute atomic E-state index is 12.9. The highest BCUT2D eigenvalue weighted by Crippen LogP contribution is 2.38. The van der Waals surface area contributed by atoms with Crippen LogP contribution in [0.2, 0.25) is 0 Å². The zero-order valence-corrected chi connectivity index (χ0v) is 14.2. The molecule has 4 rings (SSSR count). The molecule has 1 amide bonds. The zero-order chi connectivity index (χ0) is 16.4. The van der Waals surface area contributed by atoms with Crippen molar-refractivity contribution in [2.75, 3.05) is 6.54 Å². The molecule has 0 bridgehead atoms. The Balaban J connectivity index is 1.60. The van der Waals surface area contributed by atoms with Crippen molar-refractivity contribution in [1.29, 1.82) is 0 Å². The van der Waals surface area contributed by atoms with Gasteiger partial charge in [-0.05, 0) is 41.1 Å². The number of nitrogens with zero attached hydrogens (tertiary/aromatic N) is 1. The van der Waals surface area contributed by atoms with Gasteiger partial charge in [0.1, 0.15) is 5.76 Å². The fourth-order valence-electron chi connectivity index (χ4n) is 3.41. The number of benzene rings is 1. The van der Waals surface area contributed by atoms with E-state index in [-0.39, 0.29) is 11.9 Å². The van der Waals surface area contributed by atoms with Crippen LogP contribution in [0, 0.1) is 0 Å². The molecule has 0 fully saturated rings. The van der Waals surface area contributed by atoms with Crippen LogP contribution in [0.3, 0.4) is 0 Å². The predicted molar refractivity (Wildman–Crippen MR) is 95.1 cm³/mol. The number of rotatable bonds is 4. The minimum atomic E-state index is 0.0327. The summed E-state index contributed by atoms with van der Waals surface area (Å²) in [6.07, 6.45) is 3.74. The first-order chi connectivity index (χ1) is 11.8. The number of amides is 1. The molecule has 0 N–H and O–H groups in total. The van der Waals surface area contributed by atoms with Crippen LogP contribution in [0.5, 0.6) is 0 Å². The second-order valence-corrected chi connectivity index (χ2v) is 7.03. The molecule has 1 atom stereocenters. The first-order valence-electron chi connectivity index (χ1n) is 8.26.